The minimum Gasteiger partial charge on any atom is -0.336 e. The fraction of sp³-hybridized carbons (Fsp3) is 0.667. The quantitative estimate of drug-likeness (QED) is 0.800. The van der Waals surface area contributed by atoms with Crippen molar-refractivity contribution < 1.29 is 9.59 Å². The van der Waals surface area contributed by atoms with E-state index in [1.165, 1.54) is 6.33 Å². The molecular weight excluding hydrogens is 246 g/mol. The Kier molecular flexibility index (Phi) is 5.47. The summed E-state index contributed by atoms with van der Waals surface area (Å²) in [5.41, 5.74) is 0. The highest BCUT2D eigenvalue weighted by Gasteiger charge is 2.20. The van der Waals surface area contributed by atoms with E-state index in [9.17, 15) is 9.59 Å². The van der Waals surface area contributed by atoms with Crippen LogP contribution in [-0.4, -0.2) is 62.7 Å². The Morgan fingerprint density at radius 1 is 1.05 bits per heavy atom. The van der Waals surface area contributed by atoms with Crippen molar-refractivity contribution in [2.24, 2.45) is 0 Å². The van der Waals surface area contributed by atoms with Crippen molar-refractivity contribution in [3.05, 3.63) is 12.2 Å². The van der Waals surface area contributed by atoms with Crippen LogP contribution >= 0.6 is 0 Å². The van der Waals surface area contributed by atoms with Gasteiger partial charge in [0.05, 0.1) is 0 Å². The highest BCUT2D eigenvalue weighted by Crippen LogP contribution is 2.00. The monoisotopic (exact) mass is 267 g/mol. The average Bonchev–Trinajstić information content (AvgIpc) is 2.90. The van der Waals surface area contributed by atoms with Gasteiger partial charge in [-0.25, -0.2) is 9.78 Å². The van der Waals surface area contributed by atoms with Gasteiger partial charge >= 0.3 is 6.03 Å². The molecule has 0 N–H and O–H groups in total. The lowest BCUT2D eigenvalue weighted by molar-refractivity contribution is 0.0761. The maximum Gasteiger partial charge on any atom is 0.346 e. The van der Waals surface area contributed by atoms with Crippen LogP contribution in [0, 0.1) is 0 Å². The van der Waals surface area contributed by atoms with Crippen LogP contribution < -0.4 is 0 Å². The van der Waals surface area contributed by atoms with Crippen molar-refractivity contribution in [3.8, 4) is 0 Å². The molecule has 0 aliphatic rings. The first kappa shape index (κ1) is 15.1. The van der Waals surface area contributed by atoms with Crippen LogP contribution in [0.1, 0.15) is 38.3 Å². The maximum atomic E-state index is 12.0. The van der Waals surface area contributed by atoms with Gasteiger partial charge in [-0.3, -0.25) is 4.79 Å². The first-order valence-corrected chi connectivity index (χ1v) is 6.59. The molecule has 2 amide bonds. The summed E-state index contributed by atoms with van der Waals surface area (Å²) in [5, 5.41) is 3.97. The van der Waals surface area contributed by atoms with Gasteiger partial charge < -0.3 is 9.80 Å². The van der Waals surface area contributed by atoms with E-state index in [4.69, 9.17) is 0 Å². The van der Waals surface area contributed by atoms with E-state index in [0.29, 0.717) is 26.2 Å². The first-order valence-electron chi connectivity index (χ1n) is 6.59. The van der Waals surface area contributed by atoms with E-state index in [1.807, 2.05) is 27.7 Å². The van der Waals surface area contributed by atoms with Gasteiger partial charge in [0, 0.05) is 26.2 Å². The van der Waals surface area contributed by atoms with Crippen LogP contribution in [0.25, 0.3) is 0 Å². The Labute approximate surface area is 113 Å². The Balaban J connectivity index is 2.88. The number of amides is 2. The Hall–Kier alpha value is -1.92. The van der Waals surface area contributed by atoms with Crippen molar-refractivity contribution in [1.29, 1.82) is 0 Å². The van der Waals surface area contributed by atoms with Crippen molar-refractivity contribution in [1.82, 2.24) is 24.6 Å². The van der Waals surface area contributed by atoms with E-state index in [2.05, 4.69) is 10.1 Å². The van der Waals surface area contributed by atoms with Crippen LogP contribution in [0.5, 0.6) is 0 Å². The predicted octanol–water partition coefficient (Wildman–Crippen LogP) is 1.07. The molecule has 0 saturated carbocycles. The summed E-state index contributed by atoms with van der Waals surface area (Å²) in [6, 6.07) is -0.268. The molecule has 0 saturated heterocycles. The fourth-order valence-electron chi connectivity index (χ4n) is 1.74. The second-order valence-corrected chi connectivity index (χ2v) is 3.95. The van der Waals surface area contributed by atoms with Crippen LogP contribution in [0.3, 0.4) is 0 Å². The van der Waals surface area contributed by atoms with Crippen LogP contribution in [0.15, 0.2) is 6.33 Å². The molecule has 0 spiro atoms. The minimum atomic E-state index is -0.268. The molecule has 0 fully saturated rings. The van der Waals surface area contributed by atoms with Gasteiger partial charge in [0.2, 0.25) is 5.82 Å². The van der Waals surface area contributed by atoms with Crippen LogP contribution in [0.4, 0.5) is 4.79 Å². The molecule has 0 atom stereocenters. The van der Waals surface area contributed by atoms with Gasteiger partial charge in [0.25, 0.3) is 5.91 Å². The number of aromatic nitrogens is 3. The standard InChI is InChI=1S/C12H21N5O2/c1-5-15(6-2)11(18)10-13-9-17(14-10)12(19)16(7-3)8-4/h9H,5-8H2,1-4H3. The van der Waals surface area contributed by atoms with Crippen LogP contribution in [0.2, 0.25) is 0 Å². The van der Waals surface area contributed by atoms with Crippen LogP contribution in [-0.2, 0) is 0 Å². The lowest BCUT2D eigenvalue weighted by atomic mass is 10.4. The Morgan fingerprint density at radius 3 is 2.05 bits per heavy atom. The summed E-state index contributed by atoms with van der Waals surface area (Å²) in [6.07, 6.45) is 1.29. The largest absolute Gasteiger partial charge is 0.346 e. The van der Waals surface area contributed by atoms with Gasteiger partial charge in [-0.15, -0.1) is 5.10 Å². The molecule has 1 rings (SSSR count). The van der Waals surface area contributed by atoms with E-state index < -0.39 is 0 Å². The summed E-state index contributed by atoms with van der Waals surface area (Å²) in [7, 11) is 0. The Morgan fingerprint density at radius 2 is 1.58 bits per heavy atom. The molecule has 0 aromatic carbocycles. The molecule has 1 heterocycles. The van der Waals surface area contributed by atoms with Gasteiger partial charge in [0.15, 0.2) is 0 Å². The third-order valence-electron chi connectivity index (χ3n) is 2.96. The lowest BCUT2D eigenvalue weighted by Gasteiger charge is -2.17. The van der Waals surface area contributed by atoms with Gasteiger partial charge in [-0.2, -0.15) is 4.68 Å². The van der Waals surface area contributed by atoms with Gasteiger partial charge in [-0.05, 0) is 27.7 Å². The van der Waals surface area contributed by atoms with Crippen molar-refractivity contribution in [2.75, 3.05) is 26.2 Å². The molecule has 1 aromatic rings. The summed E-state index contributed by atoms with van der Waals surface area (Å²) in [5.74, 6) is -0.194. The van der Waals surface area contributed by atoms with Crippen molar-refractivity contribution in [3.63, 3.8) is 0 Å². The molecule has 1 aromatic heterocycles. The van der Waals surface area contributed by atoms with E-state index in [1.54, 1.807) is 9.80 Å². The highest BCUT2D eigenvalue weighted by atomic mass is 16.2. The van der Waals surface area contributed by atoms with Gasteiger partial charge in [-0.1, -0.05) is 0 Å². The number of rotatable bonds is 5. The fourth-order valence-corrected chi connectivity index (χ4v) is 1.74. The molecular formula is C12H21N5O2. The minimum absolute atomic E-state index is 0.0595. The van der Waals surface area contributed by atoms with Crippen molar-refractivity contribution in [2.45, 2.75) is 27.7 Å². The predicted molar refractivity (Wildman–Crippen MR) is 71.0 cm³/mol. The number of nitrogens with zero attached hydrogens (tertiary/aromatic N) is 5. The van der Waals surface area contributed by atoms with E-state index in [0.717, 1.165) is 4.68 Å². The zero-order valence-electron chi connectivity index (χ0n) is 12.0. The average molecular weight is 267 g/mol. The zero-order valence-corrected chi connectivity index (χ0v) is 12.0. The second kappa shape index (κ2) is 6.86. The molecule has 0 radical (unpaired) electrons. The lowest BCUT2D eigenvalue weighted by Crippen LogP contribution is -2.35. The topological polar surface area (TPSA) is 71.3 Å². The SMILES string of the molecule is CCN(CC)C(=O)c1ncn(C(=O)N(CC)CC)n1. The third-order valence-corrected chi connectivity index (χ3v) is 2.96. The Bertz CT molecular complexity index is 397. The molecule has 19 heavy (non-hydrogen) atoms. The number of carbonyl (C=O) groups excluding carboxylic acids is 2. The number of hydrogen-bond donors (Lipinski definition) is 0. The highest BCUT2D eigenvalue weighted by molar-refractivity contribution is 5.90. The zero-order chi connectivity index (χ0) is 14.4. The molecule has 0 bridgehead atoms. The molecule has 7 nitrogen and oxygen atoms in total. The maximum absolute atomic E-state index is 12.0. The number of hydrogen-bond acceptors (Lipinski definition) is 4. The summed E-state index contributed by atoms with van der Waals surface area (Å²) < 4.78 is 1.11. The molecule has 7 heteroatoms. The smallest absolute Gasteiger partial charge is 0.336 e. The summed E-state index contributed by atoms with van der Waals surface area (Å²) in [6.45, 7) is 9.92. The van der Waals surface area contributed by atoms with Crippen molar-refractivity contribution >= 4 is 11.9 Å². The van der Waals surface area contributed by atoms with E-state index in [-0.39, 0.29) is 17.8 Å². The molecule has 0 aliphatic heterocycles. The number of carbonyl (C=O) groups is 2. The molecule has 106 valence electrons. The third kappa shape index (κ3) is 3.30. The normalized spacial score (nSPS) is 10.3. The second-order valence-electron chi connectivity index (χ2n) is 3.95. The molecule has 0 unspecified atom stereocenters. The first-order chi connectivity index (χ1) is 9.08. The summed E-state index contributed by atoms with van der Waals surface area (Å²) in [4.78, 5) is 31.2. The molecule has 0 aliphatic carbocycles. The summed E-state index contributed by atoms with van der Waals surface area (Å²) >= 11 is 0. The van der Waals surface area contributed by atoms with E-state index >= 15 is 0 Å². The van der Waals surface area contributed by atoms with Gasteiger partial charge in [0.1, 0.15) is 6.33 Å².